The first-order valence-corrected chi connectivity index (χ1v) is 7.02. The molecule has 0 radical (unpaired) electrons. The Bertz CT molecular complexity index is 444. The quantitative estimate of drug-likeness (QED) is 0.820. The van der Waals surface area contributed by atoms with E-state index in [2.05, 4.69) is 5.32 Å². The molecule has 1 saturated heterocycles. The van der Waals surface area contributed by atoms with Gasteiger partial charge in [-0.15, -0.1) is 0 Å². The van der Waals surface area contributed by atoms with E-state index in [9.17, 15) is 4.79 Å². The fourth-order valence-corrected chi connectivity index (χ4v) is 2.34. The smallest absolute Gasteiger partial charge is 0.258 e. The number of hydrogen-bond donors (Lipinski definition) is 2. The first kappa shape index (κ1) is 14.8. The highest BCUT2D eigenvalue weighted by molar-refractivity contribution is 5.77. The van der Waals surface area contributed by atoms with Crippen molar-refractivity contribution >= 4 is 5.91 Å². The second kappa shape index (κ2) is 7.26. The number of nitrogens with two attached hydrogens (primary N) is 1. The summed E-state index contributed by atoms with van der Waals surface area (Å²) >= 11 is 0. The highest BCUT2D eigenvalue weighted by atomic mass is 16.5. The van der Waals surface area contributed by atoms with Crippen LogP contribution >= 0.6 is 0 Å². The van der Waals surface area contributed by atoms with Crippen LogP contribution in [0.1, 0.15) is 25.3 Å². The number of carbonyl (C=O) groups is 1. The monoisotopic (exact) mass is 278 g/mol. The summed E-state index contributed by atoms with van der Waals surface area (Å²) in [4.78, 5) is 11.9. The third-order valence-electron chi connectivity index (χ3n) is 3.46. The molecule has 0 saturated carbocycles. The number of rotatable bonds is 6. The van der Waals surface area contributed by atoms with E-state index in [1.165, 1.54) is 0 Å². The topological polar surface area (TPSA) is 73.6 Å². The molecule has 2 unspecified atom stereocenters. The Labute approximate surface area is 119 Å². The van der Waals surface area contributed by atoms with Gasteiger partial charge in [-0.05, 0) is 25.8 Å². The number of para-hydroxylation sites is 1. The van der Waals surface area contributed by atoms with Crippen molar-refractivity contribution in [1.82, 2.24) is 5.32 Å². The summed E-state index contributed by atoms with van der Waals surface area (Å²) in [5, 5.41) is 2.91. The lowest BCUT2D eigenvalue weighted by atomic mass is 10.1. The van der Waals surface area contributed by atoms with Gasteiger partial charge in [0.25, 0.3) is 5.91 Å². The van der Waals surface area contributed by atoms with Gasteiger partial charge in [0.1, 0.15) is 5.75 Å². The average molecular weight is 278 g/mol. The average Bonchev–Trinajstić information content (AvgIpc) is 2.99. The Kier molecular flexibility index (Phi) is 5.38. The summed E-state index contributed by atoms with van der Waals surface area (Å²) < 4.78 is 11.1. The third kappa shape index (κ3) is 3.95. The van der Waals surface area contributed by atoms with Gasteiger partial charge in [0.2, 0.25) is 0 Å². The van der Waals surface area contributed by atoms with Crippen LogP contribution in [0, 0.1) is 0 Å². The van der Waals surface area contributed by atoms with Gasteiger partial charge >= 0.3 is 0 Å². The minimum Gasteiger partial charge on any atom is -0.483 e. The van der Waals surface area contributed by atoms with Crippen LogP contribution in [-0.4, -0.2) is 31.3 Å². The van der Waals surface area contributed by atoms with Crippen LogP contribution in [0.5, 0.6) is 5.75 Å². The second-order valence-electron chi connectivity index (χ2n) is 5.01. The molecule has 0 spiro atoms. The van der Waals surface area contributed by atoms with Crippen LogP contribution in [0.15, 0.2) is 24.3 Å². The van der Waals surface area contributed by atoms with Crippen molar-refractivity contribution in [3.63, 3.8) is 0 Å². The van der Waals surface area contributed by atoms with Crippen LogP contribution in [0.2, 0.25) is 0 Å². The van der Waals surface area contributed by atoms with Crippen LogP contribution < -0.4 is 15.8 Å². The first-order valence-electron chi connectivity index (χ1n) is 7.02. The van der Waals surface area contributed by atoms with Crippen molar-refractivity contribution in [1.29, 1.82) is 0 Å². The first-order chi connectivity index (χ1) is 9.70. The Balaban J connectivity index is 1.79. The zero-order valence-corrected chi connectivity index (χ0v) is 11.8. The lowest BCUT2D eigenvalue weighted by Gasteiger charge is -2.20. The van der Waals surface area contributed by atoms with Crippen molar-refractivity contribution in [3.05, 3.63) is 29.8 Å². The van der Waals surface area contributed by atoms with Crippen molar-refractivity contribution < 1.29 is 14.3 Å². The zero-order chi connectivity index (χ0) is 14.4. The van der Waals surface area contributed by atoms with Gasteiger partial charge in [-0.3, -0.25) is 4.79 Å². The molecule has 1 fully saturated rings. The molecular formula is C15H22N2O3. The molecule has 1 aliphatic heterocycles. The summed E-state index contributed by atoms with van der Waals surface area (Å²) in [7, 11) is 0. The third-order valence-corrected chi connectivity index (χ3v) is 3.46. The molecule has 2 atom stereocenters. The van der Waals surface area contributed by atoms with Gasteiger partial charge < -0.3 is 20.5 Å². The van der Waals surface area contributed by atoms with Crippen molar-refractivity contribution in [2.24, 2.45) is 5.73 Å². The van der Waals surface area contributed by atoms with E-state index in [4.69, 9.17) is 15.2 Å². The molecule has 110 valence electrons. The van der Waals surface area contributed by atoms with Gasteiger partial charge in [-0.2, -0.15) is 0 Å². The molecule has 3 N–H and O–H groups in total. The minimum atomic E-state index is -0.139. The Morgan fingerprint density at radius 2 is 2.35 bits per heavy atom. The van der Waals surface area contributed by atoms with Crippen LogP contribution in [0.25, 0.3) is 0 Å². The van der Waals surface area contributed by atoms with E-state index < -0.39 is 0 Å². The maximum Gasteiger partial charge on any atom is 0.258 e. The van der Waals surface area contributed by atoms with Crippen molar-refractivity contribution in [2.45, 2.75) is 38.5 Å². The Morgan fingerprint density at radius 1 is 1.55 bits per heavy atom. The molecule has 5 nitrogen and oxygen atoms in total. The largest absolute Gasteiger partial charge is 0.483 e. The van der Waals surface area contributed by atoms with Crippen LogP contribution in [-0.2, 0) is 16.1 Å². The summed E-state index contributed by atoms with van der Waals surface area (Å²) in [6.07, 6.45) is 2.18. The molecule has 2 rings (SSSR count). The normalized spacial score (nSPS) is 19.6. The molecule has 1 amide bonds. The number of ether oxygens (including phenoxy) is 2. The molecule has 1 heterocycles. The van der Waals surface area contributed by atoms with E-state index in [0.29, 0.717) is 12.3 Å². The minimum absolute atomic E-state index is 0.00588. The summed E-state index contributed by atoms with van der Waals surface area (Å²) in [5.74, 6) is 0.523. The highest BCUT2D eigenvalue weighted by Gasteiger charge is 2.23. The molecule has 20 heavy (non-hydrogen) atoms. The number of benzene rings is 1. The lowest BCUT2D eigenvalue weighted by molar-refractivity contribution is -0.124. The maximum absolute atomic E-state index is 11.9. The SMILES string of the molecule is CC(NC(=O)COc1ccccc1CN)C1CCCO1. The number of nitrogens with one attached hydrogen (secondary N) is 1. The molecule has 0 aromatic heterocycles. The lowest BCUT2D eigenvalue weighted by Crippen LogP contribution is -2.42. The van der Waals surface area contributed by atoms with E-state index >= 15 is 0 Å². The summed E-state index contributed by atoms with van der Waals surface area (Å²) in [5.41, 5.74) is 6.52. The fourth-order valence-electron chi connectivity index (χ4n) is 2.34. The molecule has 1 aliphatic rings. The zero-order valence-electron chi connectivity index (χ0n) is 11.8. The summed E-state index contributed by atoms with van der Waals surface area (Å²) in [6.45, 7) is 3.13. The predicted octanol–water partition coefficient (Wildman–Crippen LogP) is 1.21. The van der Waals surface area contributed by atoms with Gasteiger partial charge in [0, 0.05) is 18.7 Å². The van der Waals surface area contributed by atoms with Crippen LogP contribution in [0.4, 0.5) is 0 Å². The van der Waals surface area contributed by atoms with E-state index in [1.54, 1.807) is 0 Å². The second-order valence-corrected chi connectivity index (χ2v) is 5.01. The van der Waals surface area contributed by atoms with Gasteiger partial charge in [-0.25, -0.2) is 0 Å². The Hall–Kier alpha value is -1.59. The van der Waals surface area contributed by atoms with Gasteiger partial charge in [0.15, 0.2) is 6.61 Å². The molecule has 1 aromatic carbocycles. The maximum atomic E-state index is 11.9. The number of hydrogen-bond acceptors (Lipinski definition) is 4. The molecule has 0 aliphatic carbocycles. The molecule has 5 heteroatoms. The van der Waals surface area contributed by atoms with E-state index in [0.717, 1.165) is 25.0 Å². The van der Waals surface area contributed by atoms with Gasteiger partial charge in [-0.1, -0.05) is 18.2 Å². The fraction of sp³-hybridized carbons (Fsp3) is 0.533. The Morgan fingerprint density at radius 3 is 3.05 bits per heavy atom. The van der Waals surface area contributed by atoms with Crippen LogP contribution in [0.3, 0.4) is 0 Å². The number of amides is 1. The molecule has 1 aromatic rings. The van der Waals surface area contributed by atoms with E-state index in [-0.39, 0.29) is 24.7 Å². The highest BCUT2D eigenvalue weighted by Crippen LogP contribution is 2.17. The summed E-state index contributed by atoms with van der Waals surface area (Å²) in [6, 6.07) is 7.48. The standard InChI is InChI=1S/C15H22N2O3/c1-11(13-7-4-8-19-13)17-15(18)10-20-14-6-3-2-5-12(14)9-16/h2-3,5-6,11,13H,4,7-10,16H2,1H3,(H,17,18). The van der Waals surface area contributed by atoms with Crippen molar-refractivity contribution in [2.75, 3.05) is 13.2 Å². The van der Waals surface area contributed by atoms with Crippen molar-refractivity contribution in [3.8, 4) is 5.75 Å². The number of carbonyl (C=O) groups excluding carboxylic acids is 1. The molecular weight excluding hydrogens is 256 g/mol. The predicted molar refractivity (Wildman–Crippen MR) is 76.4 cm³/mol. The van der Waals surface area contributed by atoms with E-state index in [1.807, 2.05) is 31.2 Å². The van der Waals surface area contributed by atoms with Gasteiger partial charge in [0.05, 0.1) is 12.1 Å². The molecule has 0 bridgehead atoms.